The van der Waals surface area contributed by atoms with Gasteiger partial charge in [-0.3, -0.25) is 14.2 Å². The largest absolute Gasteiger partial charge is 0.346 e. The van der Waals surface area contributed by atoms with Crippen LogP contribution in [0.25, 0.3) is 5.69 Å². The molecule has 150 valence electrons. The Morgan fingerprint density at radius 3 is 2.62 bits per heavy atom. The van der Waals surface area contributed by atoms with Gasteiger partial charge in [0.1, 0.15) is 0 Å². The van der Waals surface area contributed by atoms with E-state index in [2.05, 4.69) is 31.5 Å². The van der Waals surface area contributed by atoms with Crippen LogP contribution in [0.1, 0.15) is 12.5 Å². The molecule has 0 atom stereocenters. The molecule has 2 N–H and O–H groups in total. The summed E-state index contributed by atoms with van der Waals surface area (Å²) in [7, 11) is 0. The molecular formula is C21H21BrN4O2S. The summed E-state index contributed by atoms with van der Waals surface area (Å²) < 4.78 is 2.91. The Balaban J connectivity index is 1.49. The smallest absolute Gasteiger partial charge is 0.243 e. The van der Waals surface area contributed by atoms with Crippen LogP contribution in [-0.2, 0) is 16.0 Å². The minimum atomic E-state index is -0.249. The monoisotopic (exact) mass is 472 g/mol. The van der Waals surface area contributed by atoms with Crippen molar-refractivity contribution >= 4 is 45.2 Å². The van der Waals surface area contributed by atoms with Crippen LogP contribution in [0.3, 0.4) is 0 Å². The first-order chi connectivity index (χ1) is 14.1. The Labute approximate surface area is 182 Å². The Bertz CT molecular complexity index is 988. The molecule has 3 aromatic rings. The van der Waals surface area contributed by atoms with E-state index in [0.29, 0.717) is 5.16 Å². The van der Waals surface area contributed by atoms with Gasteiger partial charge in [-0.05, 0) is 42.3 Å². The number of carbonyl (C=O) groups excluding carboxylic acids is 2. The number of nitrogens with zero attached hydrogens (tertiary/aromatic N) is 2. The second kappa shape index (κ2) is 10.3. The quantitative estimate of drug-likeness (QED) is 0.485. The van der Waals surface area contributed by atoms with Crippen LogP contribution in [-0.4, -0.2) is 33.7 Å². The minimum Gasteiger partial charge on any atom is -0.346 e. The highest BCUT2D eigenvalue weighted by Crippen LogP contribution is 2.21. The standard InChI is InChI=1S/C21H21BrN4O2S/c1-2-15-5-3-4-6-18(15)25-19(27)13-24-20(28)14-29-21-23-11-12-26(21)17-9-7-16(22)8-10-17/h3-12H,2,13-14H2,1H3,(H,24,28)(H,25,27). The summed E-state index contributed by atoms with van der Waals surface area (Å²) >= 11 is 4.74. The summed E-state index contributed by atoms with van der Waals surface area (Å²) in [4.78, 5) is 28.6. The van der Waals surface area contributed by atoms with Crippen molar-refractivity contribution in [1.82, 2.24) is 14.9 Å². The van der Waals surface area contributed by atoms with E-state index >= 15 is 0 Å². The lowest BCUT2D eigenvalue weighted by molar-refractivity contribution is -0.122. The van der Waals surface area contributed by atoms with E-state index in [1.54, 1.807) is 6.20 Å². The second-order valence-corrected chi connectivity index (χ2v) is 8.04. The number of nitrogens with one attached hydrogen (secondary N) is 2. The minimum absolute atomic E-state index is 0.0708. The molecule has 1 heterocycles. The average Bonchev–Trinajstić information content (AvgIpc) is 3.20. The first-order valence-electron chi connectivity index (χ1n) is 9.13. The first-order valence-corrected chi connectivity index (χ1v) is 10.9. The molecule has 0 aliphatic carbocycles. The number of carbonyl (C=O) groups is 2. The van der Waals surface area contributed by atoms with Crippen LogP contribution in [0.4, 0.5) is 5.69 Å². The van der Waals surface area contributed by atoms with Crippen LogP contribution >= 0.6 is 27.7 Å². The van der Waals surface area contributed by atoms with E-state index in [-0.39, 0.29) is 24.1 Å². The molecule has 1 aromatic heterocycles. The van der Waals surface area contributed by atoms with Crippen molar-refractivity contribution in [3.8, 4) is 5.69 Å². The highest BCUT2D eigenvalue weighted by molar-refractivity contribution is 9.10. The van der Waals surface area contributed by atoms with E-state index in [0.717, 1.165) is 27.8 Å². The van der Waals surface area contributed by atoms with E-state index in [4.69, 9.17) is 0 Å². The van der Waals surface area contributed by atoms with Gasteiger partial charge in [-0.1, -0.05) is 52.8 Å². The van der Waals surface area contributed by atoms with Gasteiger partial charge in [0.05, 0.1) is 12.3 Å². The molecule has 6 nitrogen and oxygen atoms in total. The van der Waals surface area contributed by atoms with Gasteiger partial charge in [0.15, 0.2) is 5.16 Å². The topological polar surface area (TPSA) is 76.0 Å². The molecule has 0 saturated heterocycles. The maximum atomic E-state index is 12.2. The van der Waals surface area contributed by atoms with Crippen molar-refractivity contribution in [3.63, 3.8) is 0 Å². The number of aryl methyl sites for hydroxylation is 1. The number of amides is 2. The van der Waals surface area contributed by atoms with Crippen molar-refractivity contribution < 1.29 is 9.59 Å². The zero-order valence-electron chi connectivity index (χ0n) is 15.9. The van der Waals surface area contributed by atoms with Crippen molar-refractivity contribution in [2.45, 2.75) is 18.5 Å². The average molecular weight is 473 g/mol. The first kappa shape index (κ1) is 21.1. The number of thioether (sulfide) groups is 1. The van der Waals surface area contributed by atoms with Crippen LogP contribution in [0.2, 0.25) is 0 Å². The number of benzene rings is 2. The third-order valence-corrected chi connectivity index (χ3v) is 5.66. The van der Waals surface area contributed by atoms with Crippen molar-refractivity contribution in [3.05, 3.63) is 71.0 Å². The fourth-order valence-electron chi connectivity index (χ4n) is 2.70. The molecule has 3 rings (SSSR count). The summed E-state index contributed by atoms with van der Waals surface area (Å²) in [6, 6.07) is 15.5. The van der Waals surface area contributed by atoms with Crippen molar-refractivity contribution in [1.29, 1.82) is 0 Å². The van der Waals surface area contributed by atoms with Gasteiger partial charge in [0, 0.05) is 28.2 Å². The maximum absolute atomic E-state index is 12.2. The van der Waals surface area contributed by atoms with E-state index in [9.17, 15) is 9.59 Å². The summed E-state index contributed by atoms with van der Waals surface area (Å²) in [6.45, 7) is 1.96. The Morgan fingerprint density at radius 1 is 1.10 bits per heavy atom. The summed E-state index contributed by atoms with van der Waals surface area (Å²) in [5, 5.41) is 6.21. The molecule has 2 aromatic carbocycles. The van der Waals surface area contributed by atoms with E-state index < -0.39 is 0 Å². The maximum Gasteiger partial charge on any atom is 0.243 e. The van der Waals surface area contributed by atoms with E-state index in [1.807, 2.05) is 66.2 Å². The lowest BCUT2D eigenvalue weighted by Gasteiger charge is -2.10. The predicted octanol–water partition coefficient (Wildman–Crippen LogP) is 4.04. The van der Waals surface area contributed by atoms with E-state index in [1.165, 1.54) is 11.8 Å². The van der Waals surface area contributed by atoms with Gasteiger partial charge >= 0.3 is 0 Å². The molecule has 0 saturated carbocycles. The van der Waals surface area contributed by atoms with Gasteiger partial charge in [-0.2, -0.15) is 0 Å². The predicted molar refractivity (Wildman–Crippen MR) is 119 cm³/mol. The summed E-state index contributed by atoms with van der Waals surface area (Å²) in [5.74, 6) is -0.299. The Hall–Kier alpha value is -2.58. The summed E-state index contributed by atoms with van der Waals surface area (Å²) in [6.07, 6.45) is 4.37. The lowest BCUT2D eigenvalue weighted by atomic mass is 10.1. The molecule has 0 aliphatic heterocycles. The third kappa shape index (κ3) is 5.95. The Kier molecular flexibility index (Phi) is 7.48. The second-order valence-electron chi connectivity index (χ2n) is 6.18. The fourth-order valence-corrected chi connectivity index (χ4v) is 3.77. The van der Waals surface area contributed by atoms with Gasteiger partial charge in [-0.15, -0.1) is 0 Å². The SMILES string of the molecule is CCc1ccccc1NC(=O)CNC(=O)CSc1nccn1-c1ccc(Br)cc1. The Morgan fingerprint density at radius 2 is 1.86 bits per heavy atom. The van der Waals surface area contributed by atoms with Crippen molar-refractivity contribution in [2.24, 2.45) is 0 Å². The zero-order valence-corrected chi connectivity index (χ0v) is 18.3. The zero-order chi connectivity index (χ0) is 20.6. The molecule has 0 fully saturated rings. The number of halogens is 1. The van der Waals surface area contributed by atoms with Gasteiger partial charge in [0.25, 0.3) is 0 Å². The highest BCUT2D eigenvalue weighted by Gasteiger charge is 2.11. The van der Waals surface area contributed by atoms with Crippen LogP contribution in [0.5, 0.6) is 0 Å². The van der Waals surface area contributed by atoms with Crippen LogP contribution < -0.4 is 10.6 Å². The summed E-state index contributed by atoms with van der Waals surface area (Å²) in [5.41, 5.74) is 2.80. The number of hydrogen-bond donors (Lipinski definition) is 2. The van der Waals surface area contributed by atoms with Gasteiger partial charge < -0.3 is 10.6 Å². The van der Waals surface area contributed by atoms with Crippen molar-refractivity contribution in [2.75, 3.05) is 17.6 Å². The number of anilines is 1. The molecule has 0 bridgehead atoms. The van der Waals surface area contributed by atoms with Gasteiger partial charge in [0.2, 0.25) is 11.8 Å². The lowest BCUT2D eigenvalue weighted by Crippen LogP contribution is -2.34. The number of aromatic nitrogens is 2. The molecule has 0 radical (unpaired) electrons. The fraction of sp³-hybridized carbons (Fsp3) is 0.190. The third-order valence-electron chi connectivity index (χ3n) is 4.16. The number of para-hydroxylation sites is 1. The molecule has 0 unspecified atom stereocenters. The van der Waals surface area contributed by atoms with Crippen LogP contribution in [0.15, 0.2) is 70.6 Å². The molecule has 2 amide bonds. The molecule has 0 spiro atoms. The number of imidazole rings is 1. The molecule has 8 heteroatoms. The number of rotatable bonds is 8. The molecule has 29 heavy (non-hydrogen) atoms. The normalized spacial score (nSPS) is 10.6. The molecule has 0 aliphatic rings. The van der Waals surface area contributed by atoms with Crippen LogP contribution in [0, 0.1) is 0 Å². The highest BCUT2D eigenvalue weighted by atomic mass is 79.9. The number of hydrogen-bond acceptors (Lipinski definition) is 4. The van der Waals surface area contributed by atoms with Gasteiger partial charge in [-0.25, -0.2) is 4.98 Å². The molecular weight excluding hydrogens is 452 g/mol.